The number of aromatic nitrogens is 2. The van der Waals surface area contributed by atoms with E-state index in [1.54, 1.807) is 24.5 Å². The Kier molecular flexibility index (Phi) is 7.14. The van der Waals surface area contributed by atoms with E-state index >= 15 is 0 Å². The summed E-state index contributed by atoms with van der Waals surface area (Å²) in [6.07, 6.45) is -1.28. The zero-order valence-corrected chi connectivity index (χ0v) is 19.5. The average molecular weight is 501 g/mol. The SMILES string of the molecule is CCCC(C)n1cnc(-c2ccc(F)cc2)c1-c1ccc(C(=O)Nc2ccc(OC(F)(F)F)cc2)o1. The molecule has 0 fully saturated rings. The Labute approximate surface area is 204 Å². The molecular weight excluding hydrogens is 478 g/mol. The number of alkyl halides is 3. The second-order valence-electron chi connectivity index (χ2n) is 8.18. The number of carbonyl (C=O) groups is 1. The fourth-order valence-electron chi connectivity index (χ4n) is 3.83. The Balaban J connectivity index is 1.60. The number of benzene rings is 2. The Hall–Kier alpha value is -4.08. The molecule has 0 saturated heterocycles. The van der Waals surface area contributed by atoms with E-state index in [2.05, 4.69) is 22.0 Å². The van der Waals surface area contributed by atoms with Crippen molar-refractivity contribution in [1.82, 2.24) is 9.55 Å². The first-order valence-corrected chi connectivity index (χ1v) is 11.2. The summed E-state index contributed by atoms with van der Waals surface area (Å²) in [7, 11) is 0. The number of amides is 1. The van der Waals surface area contributed by atoms with Crippen molar-refractivity contribution in [2.24, 2.45) is 0 Å². The predicted octanol–water partition coefficient (Wildman–Crippen LogP) is 7.46. The van der Waals surface area contributed by atoms with Gasteiger partial charge in [-0.05, 0) is 74.0 Å². The molecule has 188 valence electrons. The second kappa shape index (κ2) is 10.3. The number of imidazole rings is 1. The van der Waals surface area contributed by atoms with Gasteiger partial charge in [0.25, 0.3) is 5.91 Å². The maximum atomic E-state index is 13.5. The van der Waals surface area contributed by atoms with Gasteiger partial charge in [0.1, 0.15) is 17.3 Å². The molecule has 1 unspecified atom stereocenters. The first kappa shape index (κ1) is 25.0. The summed E-state index contributed by atoms with van der Waals surface area (Å²) in [5.74, 6) is -0.949. The molecule has 0 aliphatic carbocycles. The number of rotatable bonds is 8. The molecular formula is C26H23F4N3O3. The lowest BCUT2D eigenvalue weighted by Gasteiger charge is -2.15. The number of halogens is 4. The Morgan fingerprint density at radius 1 is 1.08 bits per heavy atom. The third-order valence-corrected chi connectivity index (χ3v) is 5.50. The van der Waals surface area contributed by atoms with E-state index in [0.29, 0.717) is 22.7 Å². The molecule has 0 bridgehead atoms. The number of carbonyl (C=O) groups excluding carboxylic acids is 1. The highest BCUT2D eigenvalue weighted by atomic mass is 19.4. The summed E-state index contributed by atoms with van der Waals surface area (Å²) in [6.45, 7) is 4.12. The van der Waals surface area contributed by atoms with Gasteiger partial charge in [-0.15, -0.1) is 13.2 Å². The highest BCUT2D eigenvalue weighted by Crippen LogP contribution is 2.35. The van der Waals surface area contributed by atoms with Crippen LogP contribution in [0.1, 0.15) is 43.3 Å². The third-order valence-electron chi connectivity index (χ3n) is 5.50. The van der Waals surface area contributed by atoms with E-state index in [-0.39, 0.29) is 23.3 Å². The van der Waals surface area contributed by atoms with E-state index in [1.807, 2.05) is 11.5 Å². The van der Waals surface area contributed by atoms with Gasteiger partial charge in [0.05, 0.1) is 12.0 Å². The average Bonchev–Trinajstić information content (AvgIpc) is 3.47. The van der Waals surface area contributed by atoms with Crippen molar-refractivity contribution in [3.63, 3.8) is 0 Å². The molecule has 2 aromatic heterocycles. The van der Waals surface area contributed by atoms with Gasteiger partial charge in [0, 0.05) is 17.3 Å². The van der Waals surface area contributed by atoms with E-state index < -0.39 is 18.0 Å². The Bertz CT molecular complexity index is 1330. The molecule has 6 nitrogen and oxygen atoms in total. The van der Waals surface area contributed by atoms with Crippen LogP contribution < -0.4 is 10.1 Å². The standard InChI is InChI=1S/C26H23F4N3O3/c1-3-4-16(2)33-15-31-23(17-5-7-18(27)8-6-17)24(33)21-13-14-22(35-21)25(34)32-19-9-11-20(12-10-19)36-26(28,29)30/h5-16H,3-4H2,1-2H3,(H,32,34). The molecule has 10 heteroatoms. The predicted molar refractivity (Wildman–Crippen MR) is 126 cm³/mol. The van der Waals surface area contributed by atoms with Gasteiger partial charge in [0.2, 0.25) is 0 Å². The number of furan rings is 1. The van der Waals surface area contributed by atoms with Gasteiger partial charge >= 0.3 is 6.36 Å². The van der Waals surface area contributed by atoms with Gasteiger partial charge in [-0.2, -0.15) is 0 Å². The summed E-state index contributed by atoms with van der Waals surface area (Å²) < 4.78 is 62.2. The van der Waals surface area contributed by atoms with Crippen LogP contribution >= 0.6 is 0 Å². The van der Waals surface area contributed by atoms with Crippen molar-refractivity contribution < 1.29 is 31.5 Å². The van der Waals surface area contributed by atoms with Crippen molar-refractivity contribution in [2.75, 3.05) is 5.32 Å². The summed E-state index contributed by atoms with van der Waals surface area (Å²) in [6, 6.07) is 14.0. The topological polar surface area (TPSA) is 69.3 Å². The zero-order valence-electron chi connectivity index (χ0n) is 19.5. The lowest BCUT2D eigenvalue weighted by atomic mass is 10.1. The van der Waals surface area contributed by atoms with Crippen LogP contribution in [0.5, 0.6) is 5.75 Å². The maximum absolute atomic E-state index is 13.5. The summed E-state index contributed by atoms with van der Waals surface area (Å²) >= 11 is 0. The van der Waals surface area contributed by atoms with Crippen molar-refractivity contribution in [1.29, 1.82) is 0 Å². The van der Waals surface area contributed by atoms with Crippen LogP contribution in [0.3, 0.4) is 0 Å². The fourth-order valence-corrected chi connectivity index (χ4v) is 3.83. The molecule has 1 N–H and O–H groups in total. The third kappa shape index (κ3) is 5.76. The second-order valence-corrected chi connectivity index (χ2v) is 8.18. The molecule has 4 aromatic rings. The number of ether oxygens (including phenoxy) is 1. The lowest BCUT2D eigenvalue weighted by molar-refractivity contribution is -0.274. The summed E-state index contributed by atoms with van der Waals surface area (Å²) in [5, 5.41) is 2.58. The van der Waals surface area contributed by atoms with Crippen molar-refractivity contribution >= 4 is 11.6 Å². The number of anilines is 1. The van der Waals surface area contributed by atoms with Crippen LogP contribution in [0, 0.1) is 5.82 Å². The molecule has 0 aliphatic rings. The number of nitrogens with zero attached hydrogens (tertiary/aromatic N) is 2. The molecule has 2 heterocycles. The monoisotopic (exact) mass is 501 g/mol. The number of nitrogens with one attached hydrogen (secondary N) is 1. The molecule has 4 rings (SSSR count). The van der Waals surface area contributed by atoms with Gasteiger partial charge < -0.3 is 19.0 Å². The highest BCUT2D eigenvalue weighted by Gasteiger charge is 2.31. The molecule has 0 radical (unpaired) electrons. The maximum Gasteiger partial charge on any atom is 0.573 e. The minimum absolute atomic E-state index is 0.00145. The fraction of sp³-hybridized carbons (Fsp3) is 0.231. The van der Waals surface area contributed by atoms with Crippen molar-refractivity contribution in [2.45, 2.75) is 39.1 Å². The quantitative estimate of drug-likeness (QED) is 0.255. The van der Waals surface area contributed by atoms with Gasteiger partial charge in [0.15, 0.2) is 11.5 Å². The molecule has 0 aliphatic heterocycles. The first-order valence-electron chi connectivity index (χ1n) is 11.2. The zero-order chi connectivity index (χ0) is 25.9. The minimum Gasteiger partial charge on any atom is -0.449 e. The summed E-state index contributed by atoms with van der Waals surface area (Å²) in [4.78, 5) is 17.3. The molecule has 2 aromatic carbocycles. The molecule has 1 atom stereocenters. The Morgan fingerprint density at radius 2 is 1.78 bits per heavy atom. The molecule has 0 spiro atoms. The molecule has 1 amide bonds. The highest BCUT2D eigenvalue weighted by molar-refractivity contribution is 6.02. The number of hydrogen-bond acceptors (Lipinski definition) is 4. The molecule has 0 saturated carbocycles. The van der Waals surface area contributed by atoms with E-state index in [9.17, 15) is 22.4 Å². The lowest BCUT2D eigenvalue weighted by Crippen LogP contribution is -2.17. The van der Waals surface area contributed by atoms with Crippen molar-refractivity contribution in [3.05, 3.63) is 78.6 Å². The van der Waals surface area contributed by atoms with Gasteiger partial charge in [-0.1, -0.05) is 13.3 Å². The van der Waals surface area contributed by atoms with Crippen LogP contribution in [0.15, 0.2) is 71.4 Å². The summed E-state index contributed by atoms with van der Waals surface area (Å²) in [5.41, 5.74) is 2.19. The van der Waals surface area contributed by atoms with Gasteiger partial charge in [-0.25, -0.2) is 9.37 Å². The first-order chi connectivity index (χ1) is 17.1. The van der Waals surface area contributed by atoms with E-state index in [4.69, 9.17) is 4.42 Å². The molecule has 36 heavy (non-hydrogen) atoms. The Morgan fingerprint density at radius 3 is 2.42 bits per heavy atom. The van der Waals surface area contributed by atoms with Crippen LogP contribution in [-0.4, -0.2) is 21.8 Å². The van der Waals surface area contributed by atoms with E-state index in [0.717, 1.165) is 25.0 Å². The number of hydrogen-bond donors (Lipinski definition) is 1. The van der Waals surface area contributed by atoms with Crippen LogP contribution in [0.4, 0.5) is 23.2 Å². The van der Waals surface area contributed by atoms with Gasteiger partial charge in [-0.3, -0.25) is 4.79 Å². The van der Waals surface area contributed by atoms with Crippen LogP contribution in [0.25, 0.3) is 22.7 Å². The van der Waals surface area contributed by atoms with Crippen LogP contribution in [-0.2, 0) is 0 Å². The minimum atomic E-state index is -4.80. The largest absolute Gasteiger partial charge is 0.573 e. The van der Waals surface area contributed by atoms with Crippen molar-refractivity contribution in [3.8, 4) is 28.5 Å². The normalized spacial score (nSPS) is 12.4. The van der Waals surface area contributed by atoms with Crippen LogP contribution in [0.2, 0.25) is 0 Å². The van der Waals surface area contributed by atoms with E-state index in [1.165, 1.54) is 30.3 Å². The smallest absolute Gasteiger partial charge is 0.449 e.